The zero-order valence-electron chi connectivity index (χ0n) is 10.6. The molecule has 0 aliphatic carbocycles. The van der Waals surface area contributed by atoms with Gasteiger partial charge in [0.1, 0.15) is 5.69 Å². The highest BCUT2D eigenvalue weighted by molar-refractivity contribution is 6.30. The number of β-amino-alcohol motifs (C(OH)–C–C–N with tert-alkyl or cyclic N) is 1. The highest BCUT2D eigenvalue weighted by Gasteiger charge is 2.24. The number of halogens is 1. The average Bonchev–Trinajstić information content (AvgIpc) is 2.71. The number of nitrogens with zero attached hydrogens (tertiary/aromatic N) is 4. The normalized spacial score (nSPS) is 20.1. The number of imidazole rings is 1. The van der Waals surface area contributed by atoms with Gasteiger partial charge in [-0.05, 0) is 0 Å². The number of aliphatic hydroxyl groups excluding tert-OH is 1. The Morgan fingerprint density at radius 3 is 3.20 bits per heavy atom. The van der Waals surface area contributed by atoms with Gasteiger partial charge in [-0.25, -0.2) is 9.97 Å². The van der Waals surface area contributed by atoms with E-state index in [0.717, 1.165) is 0 Å². The van der Waals surface area contributed by atoms with Crippen molar-refractivity contribution in [2.24, 2.45) is 0 Å². The first-order chi connectivity index (χ1) is 9.63. The van der Waals surface area contributed by atoms with Crippen LogP contribution in [0.3, 0.4) is 0 Å². The Balaban J connectivity index is 1.87. The van der Waals surface area contributed by atoms with E-state index in [-0.39, 0.29) is 24.8 Å². The fourth-order valence-corrected chi connectivity index (χ4v) is 2.26. The molecule has 20 heavy (non-hydrogen) atoms. The van der Waals surface area contributed by atoms with Gasteiger partial charge in [-0.2, -0.15) is 0 Å². The molecule has 106 valence electrons. The van der Waals surface area contributed by atoms with Crippen LogP contribution in [0.25, 0.3) is 5.78 Å². The van der Waals surface area contributed by atoms with Gasteiger partial charge in [0.15, 0.2) is 0 Å². The van der Waals surface area contributed by atoms with E-state index in [4.69, 9.17) is 16.3 Å². The van der Waals surface area contributed by atoms with Gasteiger partial charge in [-0.15, -0.1) is 0 Å². The molecule has 1 saturated heterocycles. The van der Waals surface area contributed by atoms with E-state index in [1.807, 2.05) is 0 Å². The first-order valence-corrected chi connectivity index (χ1v) is 6.56. The molecule has 2 aromatic heterocycles. The number of hydrogen-bond donors (Lipinski definition) is 1. The van der Waals surface area contributed by atoms with Crippen LogP contribution in [0.4, 0.5) is 0 Å². The Kier molecular flexibility index (Phi) is 3.56. The molecule has 1 amide bonds. The molecule has 1 aliphatic heterocycles. The molecule has 3 rings (SSSR count). The van der Waals surface area contributed by atoms with Crippen molar-refractivity contribution in [2.45, 2.75) is 6.10 Å². The summed E-state index contributed by atoms with van der Waals surface area (Å²) in [7, 11) is 0. The summed E-state index contributed by atoms with van der Waals surface area (Å²) in [4.78, 5) is 22.1. The number of amides is 1. The van der Waals surface area contributed by atoms with Crippen LogP contribution in [-0.2, 0) is 4.74 Å². The van der Waals surface area contributed by atoms with Gasteiger partial charge in [0, 0.05) is 25.5 Å². The lowest BCUT2D eigenvalue weighted by atomic mass is 10.3. The minimum Gasteiger partial charge on any atom is -0.389 e. The van der Waals surface area contributed by atoms with Crippen molar-refractivity contribution >= 4 is 23.3 Å². The molecule has 1 aliphatic rings. The Bertz CT molecular complexity index is 645. The summed E-state index contributed by atoms with van der Waals surface area (Å²) in [5.74, 6) is 0.153. The second-order valence-corrected chi connectivity index (χ2v) is 5.02. The van der Waals surface area contributed by atoms with Crippen molar-refractivity contribution in [1.82, 2.24) is 19.3 Å². The second-order valence-electron chi connectivity index (χ2n) is 4.59. The van der Waals surface area contributed by atoms with Crippen LogP contribution in [-0.4, -0.2) is 62.7 Å². The first kappa shape index (κ1) is 13.3. The maximum atomic E-state index is 12.4. The van der Waals surface area contributed by atoms with Gasteiger partial charge in [-0.1, -0.05) is 11.6 Å². The predicted molar refractivity (Wildman–Crippen MR) is 70.7 cm³/mol. The van der Waals surface area contributed by atoms with Crippen LogP contribution in [0.5, 0.6) is 0 Å². The zero-order chi connectivity index (χ0) is 14.1. The lowest BCUT2D eigenvalue weighted by Gasteiger charge is -2.19. The van der Waals surface area contributed by atoms with E-state index in [2.05, 4.69) is 9.97 Å². The topological polar surface area (TPSA) is 80.0 Å². The molecule has 0 saturated carbocycles. The molecular weight excluding hydrogens is 284 g/mol. The molecule has 1 atom stereocenters. The summed E-state index contributed by atoms with van der Waals surface area (Å²) in [6.07, 6.45) is 4.01. The quantitative estimate of drug-likeness (QED) is 0.814. The lowest BCUT2D eigenvalue weighted by Crippen LogP contribution is -2.37. The molecule has 0 bridgehead atoms. The Hall–Kier alpha value is -1.70. The molecular formula is C12H13ClN4O3. The number of fused-ring (bicyclic) bond motifs is 1. The van der Waals surface area contributed by atoms with Crippen molar-refractivity contribution in [3.63, 3.8) is 0 Å². The van der Waals surface area contributed by atoms with Crippen LogP contribution < -0.4 is 0 Å². The summed E-state index contributed by atoms with van der Waals surface area (Å²) in [6, 6.07) is 0. The molecule has 1 fully saturated rings. The van der Waals surface area contributed by atoms with E-state index in [0.29, 0.717) is 24.0 Å². The maximum Gasteiger partial charge on any atom is 0.274 e. The number of aliphatic hydroxyl groups is 1. The maximum absolute atomic E-state index is 12.4. The highest BCUT2D eigenvalue weighted by atomic mass is 35.5. The van der Waals surface area contributed by atoms with Crippen LogP contribution in [0.1, 0.15) is 10.5 Å². The van der Waals surface area contributed by atoms with Crippen molar-refractivity contribution in [2.75, 3.05) is 26.3 Å². The molecule has 0 spiro atoms. The van der Waals surface area contributed by atoms with E-state index in [1.54, 1.807) is 16.8 Å². The highest BCUT2D eigenvalue weighted by Crippen LogP contribution is 2.11. The Labute approximate surface area is 119 Å². The van der Waals surface area contributed by atoms with Gasteiger partial charge in [0.2, 0.25) is 5.78 Å². The van der Waals surface area contributed by atoms with Crippen molar-refractivity contribution in [3.05, 3.63) is 29.3 Å². The number of rotatable bonds is 1. The monoisotopic (exact) mass is 296 g/mol. The number of carbonyl (C=O) groups is 1. The van der Waals surface area contributed by atoms with Crippen LogP contribution >= 0.6 is 11.6 Å². The summed E-state index contributed by atoms with van der Waals surface area (Å²) in [5, 5.41) is 10.1. The average molecular weight is 297 g/mol. The van der Waals surface area contributed by atoms with Gasteiger partial charge >= 0.3 is 0 Å². The van der Waals surface area contributed by atoms with Crippen LogP contribution in [0.2, 0.25) is 5.02 Å². The fourth-order valence-electron chi connectivity index (χ4n) is 2.10. The van der Waals surface area contributed by atoms with Crippen molar-refractivity contribution in [3.8, 4) is 0 Å². The van der Waals surface area contributed by atoms with Crippen molar-refractivity contribution in [1.29, 1.82) is 0 Å². The smallest absolute Gasteiger partial charge is 0.274 e. The number of hydrogen-bond acceptors (Lipinski definition) is 5. The van der Waals surface area contributed by atoms with E-state index in [1.165, 1.54) is 11.1 Å². The summed E-state index contributed by atoms with van der Waals surface area (Å²) in [6.45, 7) is 1.31. The Morgan fingerprint density at radius 1 is 1.50 bits per heavy atom. The standard InChI is InChI=1S/C12H13ClN4O3/c13-8-3-14-12-15-10(6-17(12)4-8)11(19)16-1-2-20-7-9(18)5-16/h3-4,6,9,18H,1-2,5,7H2/t9-/m0/s1. The third kappa shape index (κ3) is 2.60. The molecule has 0 radical (unpaired) electrons. The minimum absolute atomic E-state index is 0.237. The van der Waals surface area contributed by atoms with Gasteiger partial charge in [-0.3, -0.25) is 9.20 Å². The summed E-state index contributed by atoms with van der Waals surface area (Å²) >= 11 is 5.84. The van der Waals surface area contributed by atoms with Crippen LogP contribution in [0.15, 0.2) is 18.6 Å². The number of aromatic nitrogens is 3. The Morgan fingerprint density at radius 2 is 2.35 bits per heavy atom. The third-order valence-corrected chi connectivity index (χ3v) is 3.23. The largest absolute Gasteiger partial charge is 0.389 e. The van der Waals surface area contributed by atoms with E-state index in [9.17, 15) is 9.90 Å². The molecule has 1 N–H and O–H groups in total. The molecule has 0 aromatic carbocycles. The molecule has 0 unspecified atom stereocenters. The molecule has 2 aromatic rings. The molecule has 8 heteroatoms. The lowest BCUT2D eigenvalue weighted by molar-refractivity contribution is 0.0533. The van der Waals surface area contributed by atoms with Crippen LogP contribution in [0, 0.1) is 0 Å². The first-order valence-electron chi connectivity index (χ1n) is 6.19. The minimum atomic E-state index is -0.675. The SMILES string of the molecule is O=C(c1cn2cc(Cl)cnc2n1)N1CCOC[C@@H](O)C1. The van der Waals surface area contributed by atoms with Gasteiger partial charge in [0.25, 0.3) is 5.91 Å². The predicted octanol–water partition coefficient (Wildman–Crippen LogP) is 0.216. The van der Waals surface area contributed by atoms with Crippen molar-refractivity contribution < 1.29 is 14.6 Å². The zero-order valence-corrected chi connectivity index (χ0v) is 11.3. The number of ether oxygens (including phenoxy) is 1. The van der Waals surface area contributed by atoms with E-state index < -0.39 is 6.10 Å². The third-order valence-electron chi connectivity index (χ3n) is 3.03. The van der Waals surface area contributed by atoms with Gasteiger partial charge < -0.3 is 14.7 Å². The molecule has 7 nitrogen and oxygen atoms in total. The summed E-state index contributed by atoms with van der Waals surface area (Å²) < 4.78 is 6.80. The number of carbonyl (C=O) groups excluding carboxylic acids is 1. The second kappa shape index (κ2) is 5.35. The fraction of sp³-hybridized carbons (Fsp3) is 0.417. The molecule has 3 heterocycles. The van der Waals surface area contributed by atoms with E-state index >= 15 is 0 Å². The van der Waals surface area contributed by atoms with Gasteiger partial charge in [0.05, 0.1) is 30.5 Å². The summed E-state index contributed by atoms with van der Waals surface area (Å²) in [5.41, 5.74) is 0.272.